The van der Waals surface area contributed by atoms with Crippen LogP contribution in [0, 0.1) is 5.92 Å². The Balaban J connectivity index is 1.44. The number of carbonyl (C=O) groups is 2. The Bertz CT molecular complexity index is 1030. The van der Waals surface area contributed by atoms with Gasteiger partial charge in [-0.2, -0.15) is 0 Å². The molecule has 0 saturated heterocycles. The maximum atomic E-state index is 12.5. The van der Waals surface area contributed by atoms with Crippen molar-refractivity contribution in [1.29, 1.82) is 0 Å². The van der Waals surface area contributed by atoms with Gasteiger partial charge in [0.05, 0.1) is 21.3 Å². The number of fused-ring (bicyclic) bond motifs is 1. The second kappa shape index (κ2) is 9.34. The number of anilines is 1. The minimum Gasteiger partial charge on any atom is -0.493 e. The van der Waals surface area contributed by atoms with E-state index in [-0.39, 0.29) is 17.7 Å². The molecule has 7 heteroatoms. The number of methoxy groups -OCH3 is 3. The number of nitrogens with one attached hydrogen (secondary N) is 1. The lowest BCUT2D eigenvalue weighted by Crippen LogP contribution is -2.36. The van der Waals surface area contributed by atoms with Gasteiger partial charge in [-0.05, 0) is 66.3 Å². The predicted molar refractivity (Wildman–Crippen MR) is 122 cm³/mol. The third-order valence-corrected chi connectivity index (χ3v) is 5.84. The van der Waals surface area contributed by atoms with Crippen molar-refractivity contribution in [2.75, 3.05) is 33.2 Å². The van der Waals surface area contributed by atoms with Gasteiger partial charge in [-0.3, -0.25) is 9.59 Å². The van der Waals surface area contributed by atoms with E-state index in [0.717, 1.165) is 36.9 Å². The molecule has 0 atom stereocenters. The van der Waals surface area contributed by atoms with E-state index in [4.69, 9.17) is 14.2 Å². The van der Waals surface area contributed by atoms with Gasteiger partial charge in [-0.1, -0.05) is 6.07 Å². The van der Waals surface area contributed by atoms with Gasteiger partial charge in [-0.25, -0.2) is 0 Å². The van der Waals surface area contributed by atoms with E-state index in [0.29, 0.717) is 29.5 Å². The van der Waals surface area contributed by atoms with Crippen molar-refractivity contribution in [3.63, 3.8) is 0 Å². The van der Waals surface area contributed by atoms with E-state index < -0.39 is 0 Å². The highest BCUT2D eigenvalue weighted by Crippen LogP contribution is 2.38. The Morgan fingerprint density at radius 2 is 1.72 bits per heavy atom. The van der Waals surface area contributed by atoms with Crippen molar-refractivity contribution in [2.45, 2.75) is 25.8 Å². The van der Waals surface area contributed by atoms with Crippen molar-refractivity contribution >= 4 is 23.6 Å². The molecule has 1 heterocycles. The second-order valence-corrected chi connectivity index (χ2v) is 8.05. The molecule has 1 aliphatic heterocycles. The van der Waals surface area contributed by atoms with Crippen LogP contribution in [0.5, 0.6) is 17.2 Å². The average Bonchev–Trinajstić information content (AvgIpc) is 3.66. The lowest BCUT2D eigenvalue weighted by molar-refractivity contribution is -0.133. The van der Waals surface area contributed by atoms with E-state index in [1.165, 1.54) is 11.6 Å². The SMILES string of the molecule is COc1cc(/C=C/C(=O)Nc2ccc3c(c2)CN(C(=O)C2CC2)CC3)cc(OC)c1OC. The van der Waals surface area contributed by atoms with Gasteiger partial charge in [0.2, 0.25) is 17.6 Å². The van der Waals surface area contributed by atoms with Crippen LogP contribution < -0.4 is 19.5 Å². The number of ether oxygens (including phenoxy) is 3. The molecular weight excluding hydrogens is 408 g/mol. The molecule has 0 bridgehead atoms. The summed E-state index contributed by atoms with van der Waals surface area (Å²) in [4.78, 5) is 26.9. The Labute approximate surface area is 188 Å². The van der Waals surface area contributed by atoms with Gasteiger partial charge in [0, 0.05) is 30.8 Å². The third-order valence-electron chi connectivity index (χ3n) is 5.84. The second-order valence-electron chi connectivity index (χ2n) is 8.05. The molecule has 168 valence electrons. The number of amides is 2. The summed E-state index contributed by atoms with van der Waals surface area (Å²) in [7, 11) is 4.64. The standard InChI is InChI=1S/C25H28N2O5/c1-30-21-12-16(13-22(31-2)24(21)32-3)4-9-23(28)26-20-8-7-17-10-11-27(15-19(17)14-20)25(29)18-5-6-18/h4,7-9,12-14,18H,5-6,10-11,15H2,1-3H3,(H,26,28)/b9-4+. The van der Waals surface area contributed by atoms with E-state index >= 15 is 0 Å². The molecule has 2 aromatic rings. The Morgan fingerprint density at radius 3 is 2.34 bits per heavy atom. The zero-order valence-corrected chi connectivity index (χ0v) is 18.6. The van der Waals surface area contributed by atoms with Crippen molar-refractivity contribution in [1.82, 2.24) is 4.90 Å². The van der Waals surface area contributed by atoms with Crippen LogP contribution in [0.15, 0.2) is 36.4 Å². The van der Waals surface area contributed by atoms with Gasteiger partial charge >= 0.3 is 0 Å². The van der Waals surface area contributed by atoms with Crippen molar-refractivity contribution in [3.05, 3.63) is 53.1 Å². The molecular formula is C25H28N2O5. The summed E-state index contributed by atoms with van der Waals surface area (Å²) in [5, 5.41) is 2.90. The fourth-order valence-corrected chi connectivity index (χ4v) is 3.96. The monoisotopic (exact) mass is 436 g/mol. The lowest BCUT2D eigenvalue weighted by Gasteiger charge is -2.29. The quantitative estimate of drug-likeness (QED) is 0.671. The van der Waals surface area contributed by atoms with Gasteiger partial charge in [-0.15, -0.1) is 0 Å². The van der Waals surface area contributed by atoms with Crippen molar-refractivity contribution in [3.8, 4) is 17.2 Å². The Kier molecular flexibility index (Phi) is 6.35. The first-order valence-electron chi connectivity index (χ1n) is 10.7. The molecule has 4 rings (SSSR count). The molecule has 2 aromatic carbocycles. The number of benzene rings is 2. The minimum absolute atomic E-state index is 0.222. The number of rotatable bonds is 7. The maximum absolute atomic E-state index is 12.5. The number of hydrogen-bond acceptors (Lipinski definition) is 5. The molecule has 0 aromatic heterocycles. The van der Waals surface area contributed by atoms with Crippen molar-refractivity contribution in [2.24, 2.45) is 5.92 Å². The van der Waals surface area contributed by atoms with Crippen LogP contribution in [0.25, 0.3) is 6.08 Å². The van der Waals surface area contributed by atoms with Gasteiger partial charge in [0.1, 0.15) is 0 Å². The van der Waals surface area contributed by atoms with E-state index in [1.807, 2.05) is 23.1 Å². The van der Waals surface area contributed by atoms with Gasteiger partial charge in [0.15, 0.2) is 11.5 Å². The molecule has 2 amide bonds. The summed E-state index contributed by atoms with van der Waals surface area (Å²) in [6, 6.07) is 9.45. The summed E-state index contributed by atoms with van der Waals surface area (Å²) >= 11 is 0. The average molecular weight is 437 g/mol. The smallest absolute Gasteiger partial charge is 0.248 e. The highest BCUT2D eigenvalue weighted by atomic mass is 16.5. The predicted octanol–water partition coefficient (Wildman–Crippen LogP) is 3.66. The first-order valence-corrected chi connectivity index (χ1v) is 10.7. The van der Waals surface area contributed by atoms with Crippen LogP contribution in [0.3, 0.4) is 0 Å². The lowest BCUT2D eigenvalue weighted by atomic mass is 9.98. The fraction of sp³-hybridized carbons (Fsp3) is 0.360. The molecule has 32 heavy (non-hydrogen) atoms. The maximum Gasteiger partial charge on any atom is 0.248 e. The van der Waals surface area contributed by atoms with E-state index in [9.17, 15) is 9.59 Å². The van der Waals surface area contributed by atoms with Crippen LogP contribution in [-0.4, -0.2) is 44.6 Å². The molecule has 2 aliphatic rings. The summed E-state index contributed by atoms with van der Waals surface area (Å²) in [6.45, 7) is 1.38. The summed E-state index contributed by atoms with van der Waals surface area (Å²) in [6.07, 6.45) is 6.02. The molecule has 7 nitrogen and oxygen atoms in total. The Morgan fingerprint density at radius 1 is 1.00 bits per heavy atom. The highest BCUT2D eigenvalue weighted by molar-refractivity contribution is 6.02. The van der Waals surface area contributed by atoms with E-state index in [2.05, 4.69) is 5.32 Å². The zero-order chi connectivity index (χ0) is 22.7. The zero-order valence-electron chi connectivity index (χ0n) is 18.6. The molecule has 0 spiro atoms. The molecule has 1 N–H and O–H groups in total. The van der Waals surface area contributed by atoms with Crippen LogP contribution in [0.4, 0.5) is 5.69 Å². The van der Waals surface area contributed by atoms with Crippen LogP contribution in [-0.2, 0) is 22.6 Å². The first-order chi connectivity index (χ1) is 15.5. The number of nitrogens with zero attached hydrogens (tertiary/aromatic N) is 1. The van der Waals surface area contributed by atoms with E-state index in [1.54, 1.807) is 39.5 Å². The molecule has 0 radical (unpaired) electrons. The van der Waals surface area contributed by atoms with Crippen LogP contribution in [0.2, 0.25) is 0 Å². The van der Waals surface area contributed by atoms with Gasteiger partial charge < -0.3 is 24.4 Å². The molecule has 1 saturated carbocycles. The molecule has 0 unspecified atom stereocenters. The molecule has 1 aliphatic carbocycles. The number of carbonyl (C=O) groups excluding carboxylic acids is 2. The highest BCUT2D eigenvalue weighted by Gasteiger charge is 2.34. The fourth-order valence-electron chi connectivity index (χ4n) is 3.96. The largest absolute Gasteiger partial charge is 0.493 e. The summed E-state index contributed by atoms with van der Waals surface area (Å²) in [5.74, 6) is 1.78. The third kappa shape index (κ3) is 4.72. The summed E-state index contributed by atoms with van der Waals surface area (Å²) in [5.41, 5.74) is 3.78. The Hall–Kier alpha value is -3.48. The van der Waals surface area contributed by atoms with Crippen molar-refractivity contribution < 1.29 is 23.8 Å². The normalized spacial score (nSPS) is 15.3. The first kappa shape index (κ1) is 21.7. The minimum atomic E-state index is -0.250. The summed E-state index contributed by atoms with van der Waals surface area (Å²) < 4.78 is 16.0. The van der Waals surface area contributed by atoms with Crippen LogP contribution >= 0.6 is 0 Å². The van der Waals surface area contributed by atoms with Crippen LogP contribution in [0.1, 0.15) is 29.5 Å². The van der Waals surface area contributed by atoms with Gasteiger partial charge in [0.25, 0.3) is 0 Å². The number of hydrogen-bond donors (Lipinski definition) is 1. The topological polar surface area (TPSA) is 77.1 Å². The molecule has 1 fully saturated rings.